The van der Waals surface area contributed by atoms with Crippen molar-refractivity contribution in [2.45, 2.75) is 13.3 Å². The van der Waals surface area contributed by atoms with Gasteiger partial charge in [-0.2, -0.15) is 0 Å². The maximum absolute atomic E-state index is 12.2. The van der Waals surface area contributed by atoms with Crippen LogP contribution in [0.1, 0.15) is 22.2 Å². The van der Waals surface area contributed by atoms with Crippen LogP contribution in [0.15, 0.2) is 60.0 Å². The van der Waals surface area contributed by atoms with Gasteiger partial charge in [0.05, 0.1) is 17.7 Å². The first-order valence-electron chi connectivity index (χ1n) is 9.13. The van der Waals surface area contributed by atoms with Gasteiger partial charge in [-0.3, -0.25) is 9.59 Å². The van der Waals surface area contributed by atoms with Gasteiger partial charge in [0.2, 0.25) is 0 Å². The normalized spacial score (nSPS) is 10.3. The molecule has 3 rings (SSSR count). The molecular weight excluding hydrogens is 388 g/mol. The third-order valence-corrected chi connectivity index (χ3v) is 5.05. The number of nitrogens with one attached hydrogen (secondary N) is 2. The number of hydrogen-bond donors (Lipinski definition) is 2. The number of methoxy groups -OCH3 is 1. The molecule has 2 N–H and O–H groups in total. The van der Waals surface area contributed by atoms with Crippen LogP contribution >= 0.6 is 11.3 Å². The van der Waals surface area contributed by atoms with Gasteiger partial charge in [-0.25, -0.2) is 0 Å². The number of ether oxygens (including phenoxy) is 2. The molecule has 2 amide bonds. The van der Waals surface area contributed by atoms with Crippen LogP contribution < -0.4 is 20.1 Å². The van der Waals surface area contributed by atoms with Crippen molar-refractivity contribution in [1.82, 2.24) is 0 Å². The molecule has 0 aliphatic heterocycles. The van der Waals surface area contributed by atoms with Crippen molar-refractivity contribution in [3.05, 3.63) is 70.4 Å². The number of aryl methyl sites for hydroxylation is 1. The molecule has 1 aromatic heterocycles. The first-order valence-corrected chi connectivity index (χ1v) is 10.0. The van der Waals surface area contributed by atoms with E-state index >= 15 is 0 Å². The molecule has 150 valence electrons. The molecule has 0 fully saturated rings. The Hall–Kier alpha value is -3.32. The molecule has 7 heteroatoms. The molecule has 0 saturated carbocycles. The summed E-state index contributed by atoms with van der Waals surface area (Å²) in [5, 5.41) is 7.41. The monoisotopic (exact) mass is 410 g/mol. The minimum atomic E-state index is -0.290. The third-order valence-electron chi connectivity index (χ3n) is 4.18. The van der Waals surface area contributed by atoms with E-state index in [2.05, 4.69) is 17.6 Å². The molecule has 0 unspecified atom stereocenters. The number of anilines is 2. The third kappa shape index (κ3) is 5.58. The lowest BCUT2D eigenvalue weighted by molar-refractivity contribution is -0.118. The van der Waals surface area contributed by atoms with Gasteiger partial charge in [0, 0.05) is 11.8 Å². The zero-order valence-corrected chi connectivity index (χ0v) is 17.0. The summed E-state index contributed by atoms with van der Waals surface area (Å²) in [6.07, 6.45) is 0.951. The van der Waals surface area contributed by atoms with Crippen LogP contribution in [0.4, 0.5) is 11.4 Å². The van der Waals surface area contributed by atoms with Crippen LogP contribution in [0.3, 0.4) is 0 Å². The van der Waals surface area contributed by atoms with E-state index in [4.69, 9.17) is 9.47 Å². The Kier molecular flexibility index (Phi) is 6.86. The molecule has 2 aromatic carbocycles. The van der Waals surface area contributed by atoms with Gasteiger partial charge in [-0.1, -0.05) is 25.1 Å². The van der Waals surface area contributed by atoms with Crippen molar-refractivity contribution in [3.8, 4) is 11.5 Å². The highest BCUT2D eigenvalue weighted by Crippen LogP contribution is 2.29. The van der Waals surface area contributed by atoms with Gasteiger partial charge in [-0.05, 0) is 47.7 Å². The standard InChI is InChI=1S/C22H22N2O4S/c1-3-15-6-9-17(10-7-15)28-14-21(25)23-16-8-11-18(19(13-16)27-2)24-22(26)20-5-4-12-29-20/h4-13H,3,14H2,1-2H3,(H,23,25)(H,24,26). The Labute approximate surface area is 173 Å². The fraction of sp³-hybridized carbons (Fsp3) is 0.182. The summed E-state index contributed by atoms with van der Waals surface area (Å²) in [6, 6.07) is 16.2. The summed E-state index contributed by atoms with van der Waals surface area (Å²) in [6.45, 7) is 1.97. The maximum Gasteiger partial charge on any atom is 0.265 e. The largest absolute Gasteiger partial charge is 0.494 e. The van der Waals surface area contributed by atoms with Gasteiger partial charge in [0.15, 0.2) is 6.61 Å². The van der Waals surface area contributed by atoms with Gasteiger partial charge in [0.1, 0.15) is 11.5 Å². The second-order valence-electron chi connectivity index (χ2n) is 6.18. The van der Waals surface area contributed by atoms with Gasteiger partial charge >= 0.3 is 0 Å². The Morgan fingerprint density at radius 2 is 1.83 bits per heavy atom. The van der Waals surface area contributed by atoms with Crippen LogP contribution in [0, 0.1) is 0 Å². The van der Waals surface area contributed by atoms with Crippen molar-refractivity contribution in [2.24, 2.45) is 0 Å². The van der Waals surface area contributed by atoms with Crippen LogP contribution in [-0.4, -0.2) is 25.5 Å². The zero-order valence-electron chi connectivity index (χ0n) is 16.2. The molecule has 0 radical (unpaired) electrons. The second kappa shape index (κ2) is 9.75. The smallest absolute Gasteiger partial charge is 0.265 e. The quantitative estimate of drug-likeness (QED) is 0.569. The number of thiophene rings is 1. The van der Waals surface area contributed by atoms with Gasteiger partial charge in [0.25, 0.3) is 11.8 Å². The number of hydrogen-bond acceptors (Lipinski definition) is 5. The lowest BCUT2D eigenvalue weighted by atomic mass is 10.2. The average molecular weight is 410 g/mol. The summed E-state index contributed by atoms with van der Waals surface area (Å²) in [7, 11) is 1.50. The SMILES string of the molecule is CCc1ccc(OCC(=O)Nc2ccc(NC(=O)c3cccs3)c(OC)c2)cc1. The molecule has 6 nitrogen and oxygen atoms in total. The summed E-state index contributed by atoms with van der Waals surface area (Å²) < 4.78 is 10.9. The molecule has 0 bridgehead atoms. The Morgan fingerprint density at radius 3 is 2.48 bits per heavy atom. The summed E-state index contributed by atoms with van der Waals surface area (Å²) in [5.41, 5.74) is 2.28. The predicted molar refractivity (Wildman–Crippen MR) is 115 cm³/mol. The van der Waals surface area contributed by atoms with Crippen molar-refractivity contribution >= 4 is 34.5 Å². The topological polar surface area (TPSA) is 76.7 Å². The van der Waals surface area contributed by atoms with E-state index in [1.807, 2.05) is 35.7 Å². The Morgan fingerprint density at radius 1 is 1.03 bits per heavy atom. The fourth-order valence-electron chi connectivity index (χ4n) is 2.63. The molecule has 29 heavy (non-hydrogen) atoms. The molecule has 3 aromatic rings. The number of rotatable bonds is 8. The molecule has 0 atom stereocenters. The Balaban J connectivity index is 1.58. The fourth-order valence-corrected chi connectivity index (χ4v) is 3.25. The number of carbonyl (C=O) groups excluding carboxylic acids is 2. The van der Waals surface area contributed by atoms with Crippen LogP contribution in [-0.2, 0) is 11.2 Å². The molecule has 0 spiro atoms. The van der Waals surface area contributed by atoms with E-state index in [0.717, 1.165) is 6.42 Å². The first-order chi connectivity index (χ1) is 14.1. The van der Waals surface area contributed by atoms with E-state index in [-0.39, 0.29) is 18.4 Å². The molecule has 0 saturated heterocycles. The van der Waals surface area contributed by atoms with Crippen LogP contribution in [0.25, 0.3) is 0 Å². The number of carbonyl (C=O) groups is 2. The molecular formula is C22H22N2O4S. The predicted octanol–water partition coefficient (Wildman–Crippen LogP) is 4.59. The highest BCUT2D eigenvalue weighted by atomic mass is 32.1. The average Bonchev–Trinajstić information content (AvgIpc) is 3.29. The summed E-state index contributed by atoms with van der Waals surface area (Å²) >= 11 is 1.36. The summed E-state index contributed by atoms with van der Waals surface area (Å²) in [4.78, 5) is 25.0. The van der Waals surface area contributed by atoms with Crippen LogP contribution in [0.2, 0.25) is 0 Å². The minimum Gasteiger partial charge on any atom is -0.494 e. The van der Waals surface area contributed by atoms with Gasteiger partial charge in [-0.15, -0.1) is 11.3 Å². The lowest BCUT2D eigenvalue weighted by Crippen LogP contribution is -2.20. The van der Waals surface area contributed by atoms with E-state index < -0.39 is 0 Å². The minimum absolute atomic E-state index is 0.106. The maximum atomic E-state index is 12.2. The highest BCUT2D eigenvalue weighted by molar-refractivity contribution is 7.12. The Bertz CT molecular complexity index is 969. The van der Waals surface area contributed by atoms with E-state index in [9.17, 15) is 9.59 Å². The van der Waals surface area contributed by atoms with Crippen molar-refractivity contribution in [3.63, 3.8) is 0 Å². The second-order valence-corrected chi connectivity index (χ2v) is 7.13. The highest BCUT2D eigenvalue weighted by Gasteiger charge is 2.12. The van der Waals surface area contributed by atoms with E-state index in [1.54, 1.807) is 24.3 Å². The van der Waals surface area contributed by atoms with Gasteiger partial charge < -0.3 is 20.1 Å². The lowest BCUT2D eigenvalue weighted by Gasteiger charge is -2.13. The molecule has 0 aliphatic rings. The van der Waals surface area contributed by atoms with Crippen molar-refractivity contribution < 1.29 is 19.1 Å². The van der Waals surface area contributed by atoms with Crippen LogP contribution in [0.5, 0.6) is 11.5 Å². The van der Waals surface area contributed by atoms with Crippen molar-refractivity contribution in [1.29, 1.82) is 0 Å². The zero-order chi connectivity index (χ0) is 20.6. The number of benzene rings is 2. The van der Waals surface area contributed by atoms with E-state index in [0.29, 0.717) is 27.8 Å². The first kappa shape index (κ1) is 20.4. The summed E-state index contributed by atoms with van der Waals surface area (Å²) in [5.74, 6) is 0.588. The van der Waals surface area contributed by atoms with Crippen molar-refractivity contribution in [2.75, 3.05) is 24.4 Å². The van der Waals surface area contributed by atoms with E-state index in [1.165, 1.54) is 24.0 Å². The molecule has 1 heterocycles. The number of amides is 2. The molecule has 0 aliphatic carbocycles.